The van der Waals surface area contributed by atoms with Crippen LogP contribution in [0.3, 0.4) is 0 Å². The van der Waals surface area contributed by atoms with E-state index in [1.165, 1.54) is 33.0 Å². The van der Waals surface area contributed by atoms with E-state index in [4.69, 9.17) is 0 Å². The maximum Gasteiger partial charge on any atom is -0.0178 e. The molecule has 3 aromatic carbocycles. The summed E-state index contributed by atoms with van der Waals surface area (Å²) in [4.78, 5) is 0. The molecule has 0 heteroatoms. The van der Waals surface area contributed by atoms with Crippen molar-refractivity contribution in [3.63, 3.8) is 0 Å². The third-order valence-electron chi connectivity index (χ3n) is 4.66. The number of benzene rings is 3. The van der Waals surface area contributed by atoms with Gasteiger partial charge in [0.25, 0.3) is 0 Å². The lowest BCUT2D eigenvalue weighted by atomic mass is 9.97. The Balaban J connectivity index is 1.80. The van der Waals surface area contributed by atoms with Gasteiger partial charge in [-0.2, -0.15) is 0 Å². The van der Waals surface area contributed by atoms with Crippen molar-refractivity contribution in [2.24, 2.45) is 0 Å². The molecule has 0 unspecified atom stereocenters. The van der Waals surface area contributed by atoms with Crippen molar-refractivity contribution in [1.82, 2.24) is 0 Å². The van der Waals surface area contributed by atoms with Crippen molar-refractivity contribution < 1.29 is 0 Å². The second kappa shape index (κ2) is 8.48. The Bertz CT molecular complexity index is 866. The molecule has 0 amide bonds. The molecule has 0 bridgehead atoms. The summed E-state index contributed by atoms with van der Waals surface area (Å²) in [6, 6.07) is 22.5. The van der Waals surface area contributed by atoms with Crippen LogP contribution < -0.4 is 0 Å². The largest absolute Gasteiger partial charge is 0.103 e. The molecule has 0 spiro atoms. The van der Waals surface area contributed by atoms with Crippen LogP contribution in [0.5, 0.6) is 0 Å². The molecule has 0 fully saturated rings. The van der Waals surface area contributed by atoms with E-state index in [0.29, 0.717) is 0 Å². The zero-order valence-corrected chi connectivity index (χ0v) is 15.0. The van der Waals surface area contributed by atoms with Crippen LogP contribution in [0.4, 0.5) is 0 Å². The minimum atomic E-state index is 1.03. The summed E-state index contributed by atoms with van der Waals surface area (Å²) in [6.07, 6.45) is 10.6. The first-order valence-corrected chi connectivity index (χ1v) is 9.14. The van der Waals surface area contributed by atoms with Crippen molar-refractivity contribution in [1.29, 1.82) is 0 Å². The minimum absolute atomic E-state index is 1.03. The topological polar surface area (TPSA) is 0 Å². The van der Waals surface area contributed by atoms with Gasteiger partial charge in [-0.3, -0.25) is 0 Å². The third kappa shape index (κ3) is 4.48. The molecule has 0 N–H and O–H groups in total. The predicted octanol–water partition coefficient (Wildman–Crippen LogP) is 7.13. The van der Waals surface area contributed by atoms with E-state index in [2.05, 4.69) is 86.3 Å². The number of fused-ring (bicyclic) bond motifs is 1. The van der Waals surface area contributed by atoms with Crippen molar-refractivity contribution in [2.45, 2.75) is 32.6 Å². The second-order valence-electron chi connectivity index (χ2n) is 6.53. The molecular formula is C25H26. The van der Waals surface area contributed by atoms with Crippen molar-refractivity contribution in [3.05, 3.63) is 96.6 Å². The summed E-state index contributed by atoms with van der Waals surface area (Å²) in [5, 5.41) is 2.62. The molecule has 0 atom stereocenters. The summed E-state index contributed by atoms with van der Waals surface area (Å²) < 4.78 is 0. The molecule has 0 nitrogen and oxygen atoms in total. The van der Waals surface area contributed by atoms with Crippen LogP contribution in [0.25, 0.3) is 21.9 Å². The fraction of sp³-hybridized carbons (Fsp3) is 0.200. The van der Waals surface area contributed by atoms with Crippen LogP contribution >= 0.6 is 0 Å². The van der Waals surface area contributed by atoms with Gasteiger partial charge < -0.3 is 0 Å². The Hall–Kier alpha value is -2.60. The average molecular weight is 326 g/mol. The standard InChI is InChI=1S/C25H26/c1-3-5-7-9-20-10-13-22(14-11-20)24-17-16-23-18-21(8-6-4-2)12-15-25(23)19-24/h3-5,10-19H,2,6-9H2,1H3/b5-3+. The highest BCUT2D eigenvalue weighted by atomic mass is 14.1. The minimum Gasteiger partial charge on any atom is -0.103 e. The molecule has 0 heterocycles. The second-order valence-corrected chi connectivity index (χ2v) is 6.53. The summed E-state index contributed by atoms with van der Waals surface area (Å²) in [5.41, 5.74) is 5.35. The van der Waals surface area contributed by atoms with E-state index < -0.39 is 0 Å². The predicted molar refractivity (Wildman–Crippen MR) is 111 cm³/mol. The molecule has 0 saturated heterocycles. The first-order chi connectivity index (χ1) is 12.3. The Morgan fingerprint density at radius 3 is 2.12 bits per heavy atom. The molecule has 3 aromatic rings. The Morgan fingerprint density at radius 2 is 1.36 bits per heavy atom. The van der Waals surface area contributed by atoms with Gasteiger partial charge in [0.2, 0.25) is 0 Å². The van der Waals surface area contributed by atoms with Crippen LogP contribution in [-0.4, -0.2) is 0 Å². The van der Waals surface area contributed by atoms with E-state index in [0.717, 1.165) is 25.7 Å². The van der Waals surface area contributed by atoms with Gasteiger partial charge in [0.05, 0.1) is 0 Å². The lowest BCUT2D eigenvalue weighted by Crippen LogP contribution is -1.86. The quantitative estimate of drug-likeness (QED) is 0.405. The molecule has 0 saturated carbocycles. The summed E-state index contributed by atoms with van der Waals surface area (Å²) in [5.74, 6) is 0. The van der Waals surface area contributed by atoms with Crippen LogP contribution in [-0.2, 0) is 12.8 Å². The maximum absolute atomic E-state index is 3.81. The highest BCUT2D eigenvalue weighted by molar-refractivity contribution is 5.87. The lowest BCUT2D eigenvalue weighted by molar-refractivity contribution is 1.000. The van der Waals surface area contributed by atoms with E-state index in [1.54, 1.807) is 0 Å². The van der Waals surface area contributed by atoms with E-state index in [-0.39, 0.29) is 0 Å². The summed E-state index contributed by atoms with van der Waals surface area (Å²) >= 11 is 0. The fourth-order valence-corrected chi connectivity index (χ4v) is 3.18. The van der Waals surface area contributed by atoms with Gasteiger partial charge in [0, 0.05) is 0 Å². The van der Waals surface area contributed by atoms with Gasteiger partial charge >= 0.3 is 0 Å². The van der Waals surface area contributed by atoms with Gasteiger partial charge in [-0.15, -0.1) is 6.58 Å². The zero-order valence-electron chi connectivity index (χ0n) is 15.0. The Labute approximate surface area is 151 Å². The van der Waals surface area contributed by atoms with E-state index in [1.807, 2.05) is 6.08 Å². The molecule has 126 valence electrons. The summed E-state index contributed by atoms with van der Waals surface area (Å²) in [6.45, 7) is 5.88. The average Bonchev–Trinajstić information content (AvgIpc) is 2.66. The van der Waals surface area contributed by atoms with Gasteiger partial charge in [0.15, 0.2) is 0 Å². The van der Waals surface area contributed by atoms with Crippen LogP contribution in [0.15, 0.2) is 85.5 Å². The van der Waals surface area contributed by atoms with Gasteiger partial charge in [-0.05, 0) is 71.7 Å². The number of hydrogen-bond acceptors (Lipinski definition) is 0. The van der Waals surface area contributed by atoms with Gasteiger partial charge in [0.1, 0.15) is 0 Å². The zero-order chi connectivity index (χ0) is 17.5. The van der Waals surface area contributed by atoms with Gasteiger partial charge in [-0.25, -0.2) is 0 Å². The number of aryl methyl sites for hydroxylation is 2. The van der Waals surface area contributed by atoms with Crippen molar-refractivity contribution in [3.8, 4) is 11.1 Å². The fourth-order valence-electron chi connectivity index (χ4n) is 3.18. The normalized spacial score (nSPS) is 11.2. The first kappa shape index (κ1) is 17.2. The molecular weight excluding hydrogens is 300 g/mol. The highest BCUT2D eigenvalue weighted by Gasteiger charge is 2.02. The Morgan fingerprint density at radius 1 is 0.720 bits per heavy atom. The monoisotopic (exact) mass is 326 g/mol. The SMILES string of the molecule is C=CCCc1ccc2cc(-c3ccc(CC/C=C/C)cc3)ccc2c1. The molecule has 3 rings (SSSR count). The molecule has 0 aromatic heterocycles. The van der Waals surface area contributed by atoms with Crippen LogP contribution in [0.1, 0.15) is 30.9 Å². The molecule has 25 heavy (non-hydrogen) atoms. The van der Waals surface area contributed by atoms with Gasteiger partial charge in [-0.1, -0.05) is 72.8 Å². The van der Waals surface area contributed by atoms with Crippen LogP contribution in [0, 0.1) is 0 Å². The van der Waals surface area contributed by atoms with E-state index in [9.17, 15) is 0 Å². The summed E-state index contributed by atoms with van der Waals surface area (Å²) in [7, 11) is 0. The first-order valence-electron chi connectivity index (χ1n) is 9.14. The van der Waals surface area contributed by atoms with Crippen molar-refractivity contribution in [2.75, 3.05) is 0 Å². The smallest absolute Gasteiger partial charge is 0.0178 e. The maximum atomic E-state index is 3.81. The third-order valence-corrected chi connectivity index (χ3v) is 4.66. The number of allylic oxidation sites excluding steroid dienone is 3. The molecule has 0 radical (unpaired) electrons. The Kier molecular flexibility index (Phi) is 5.85. The molecule has 0 aliphatic heterocycles. The molecule has 0 aliphatic carbocycles. The van der Waals surface area contributed by atoms with E-state index >= 15 is 0 Å². The van der Waals surface area contributed by atoms with Crippen LogP contribution in [0.2, 0.25) is 0 Å². The molecule has 0 aliphatic rings. The lowest BCUT2D eigenvalue weighted by Gasteiger charge is -2.07. The number of hydrogen-bond donors (Lipinski definition) is 0. The van der Waals surface area contributed by atoms with Crippen molar-refractivity contribution >= 4 is 10.8 Å². The highest BCUT2D eigenvalue weighted by Crippen LogP contribution is 2.26. The number of rotatable bonds is 7.